The van der Waals surface area contributed by atoms with E-state index in [1.807, 2.05) is 0 Å². The first-order valence-corrected chi connectivity index (χ1v) is 9.41. The van der Waals surface area contributed by atoms with Gasteiger partial charge in [0.1, 0.15) is 0 Å². The van der Waals surface area contributed by atoms with Crippen LogP contribution in [-0.2, 0) is 12.8 Å². The molecule has 1 unspecified atom stereocenters. The van der Waals surface area contributed by atoms with Crippen molar-refractivity contribution in [3.05, 3.63) is 78.0 Å². The van der Waals surface area contributed by atoms with Crippen LogP contribution in [0.3, 0.4) is 0 Å². The van der Waals surface area contributed by atoms with Gasteiger partial charge < -0.3 is 4.57 Å². The van der Waals surface area contributed by atoms with E-state index in [2.05, 4.69) is 78.2 Å². The minimum Gasteiger partial charge on any atom is -0.317 e. The molecule has 25 heavy (non-hydrogen) atoms. The summed E-state index contributed by atoms with van der Waals surface area (Å²) in [6, 6.07) is 17.9. The van der Waals surface area contributed by atoms with E-state index in [0.717, 1.165) is 25.7 Å². The molecule has 0 saturated carbocycles. The fourth-order valence-electron chi connectivity index (χ4n) is 4.56. The van der Waals surface area contributed by atoms with Crippen LogP contribution < -0.4 is 0 Å². The molecule has 0 aliphatic heterocycles. The number of nitrogens with zero attached hydrogens (tertiary/aromatic N) is 1. The van der Waals surface area contributed by atoms with Crippen molar-refractivity contribution in [2.75, 3.05) is 0 Å². The SMILES string of the molecule is CC1C=CCCC(n2c3c(c4ccccc42)-c2ccccc2CC3)=C1. The van der Waals surface area contributed by atoms with Crippen LogP contribution in [0.5, 0.6) is 0 Å². The van der Waals surface area contributed by atoms with Crippen molar-refractivity contribution in [2.45, 2.75) is 32.6 Å². The van der Waals surface area contributed by atoms with Gasteiger partial charge in [-0.25, -0.2) is 0 Å². The number of para-hydroxylation sites is 1. The van der Waals surface area contributed by atoms with E-state index in [-0.39, 0.29) is 0 Å². The molecule has 1 nitrogen and oxygen atoms in total. The molecule has 0 spiro atoms. The summed E-state index contributed by atoms with van der Waals surface area (Å²) in [5.41, 5.74) is 8.71. The highest BCUT2D eigenvalue weighted by molar-refractivity contribution is 6.01. The zero-order chi connectivity index (χ0) is 16.8. The van der Waals surface area contributed by atoms with E-state index in [1.165, 1.54) is 39.0 Å². The van der Waals surface area contributed by atoms with Gasteiger partial charge in [-0.1, -0.05) is 67.6 Å². The van der Waals surface area contributed by atoms with Gasteiger partial charge in [-0.05, 0) is 48.8 Å². The Morgan fingerprint density at radius 1 is 0.920 bits per heavy atom. The third-order valence-corrected chi connectivity index (χ3v) is 5.64. The summed E-state index contributed by atoms with van der Waals surface area (Å²) in [6.45, 7) is 2.29. The second-order valence-electron chi connectivity index (χ2n) is 7.32. The van der Waals surface area contributed by atoms with Gasteiger partial charge in [-0.2, -0.15) is 0 Å². The second kappa shape index (κ2) is 5.77. The normalized spacial score (nSPS) is 19.2. The zero-order valence-electron chi connectivity index (χ0n) is 14.7. The Morgan fingerprint density at radius 3 is 2.72 bits per heavy atom. The number of aryl methyl sites for hydroxylation is 1. The summed E-state index contributed by atoms with van der Waals surface area (Å²) in [5, 5.41) is 1.40. The van der Waals surface area contributed by atoms with E-state index in [9.17, 15) is 0 Å². The molecule has 2 aliphatic rings. The van der Waals surface area contributed by atoms with Crippen molar-refractivity contribution >= 4 is 16.6 Å². The third kappa shape index (κ3) is 2.30. The lowest BCUT2D eigenvalue weighted by atomic mass is 9.88. The quantitative estimate of drug-likeness (QED) is 0.467. The largest absolute Gasteiger partial charge is 0.317 e. The number of hydrogen-bond donors (Lipinski definition) is 0. The highest BCUT2D eigenvalue weighted by Gasteiger charge is 2.25. The molecule has 2 aromatic carbocycles. The molecule has 1 atom stereocenters. The first-order chi connectivity index (χ1) is 12.3. The van der Waals surface area contributed by atoms with Gasteiger partial charge in [0, 0.05) is 22.3 Å². The standard InChI is InChI=1S/C24H23N/c1-17-8-2-4-10-19(16-17)25-22-13-7-6-12-21(22)24-20-11-5-3-9-18(20)14-15-23(24)25/h2-3,5-9,11-13,16-17H,4,10,14-15H2,1H3. The first kappa shape index (κ1) is 14.8. The topological polar surface area (TPSA) is 4.93 Å². The molecule has 124 valence electrons. The van der Waals surface area contributed by atoms with Crippen molar-refractivity contribution in [1.82, 2.24) is 4.57 Å². The van der Waals surface area contributed by atoms with E-state index in [1.54, 1.807) is 0 Å². The van der Waals surface area contributed by atoms with Crippen LogP contribution in [0.25, 0.3) is 27.7 Å². The van der Waals surface area contributed by atoms with Gasteiger partial charge in [0.25, 0.3) is 0 Å². The van der Waals surface area contributed by atoms with E-state index >= 15 is 0 Å². The van der Waals surface area contributed by atoms with Crippen LogP contribution in [0.1, 0.15) is 31.0 Å². The Labute approximate surface area is 149 Å². The maximum absolute atomic E-state index is 2.57. The van der Waals surface area contributed by atoms with Crippen molar-refractivity contribution < 1.29 is 0 Å². The summed E-state index contributed by atoms with van der Waals surface area (Å²) < 4.78 is 2.57. The molecule has 3 aromatic rings. The van der Waals surface area contributed by atoms with Crippen LogP contribution in [0.4, 0.5) is 0 Å². The molecular formula is C24H23N. The minimum absolute atomic E-state index is 0.505. The lowest BCUT2D eigenvalue weighted by molar-refractivity contribution is 0.845. The number of allylic oxidation sites excluding steroid dienone is 4. The Morgan fingerprint density at radius 2 is 1.76 bits per heavy atom. The Kier molecular flexibility index (Phi) is 3.41. The molecule has 1 aromatic heterocycles. The van der Waals surface area contributed by atoms with Crippen LogP contribution in [-0.4, -0.2) is 4.57 Å². The average molecular weight is 325 g/mol. The molecule has 0 bridgehead atoms. The molecule has 1 heterocycles. The van der Waals surface area contributed by atoms with Gasteiger partial charge in [0.05, 0.1) is 5.52 Å². The van der Waals surface area contributed by atoms with Crippen molar-refractivity contribution in [1.29, 1.82) is 0 Å². The molecule has 0 amide bonds. The van der Waals surface area contributed by atoms with Gasteiger partial charge in [-0.15, -0.1) is 0 Å². The van der Waals surface area contributed by atoms with E-state index in [0.29, 0.717) is 5.92 Å². The minimum atomic E-state index is 0.505. The van der Waals surface area contributed by atoms with Crippen molar-refractivity contribution in [3.63, 3.8) is 0 Å². The van der Waals surface area contributed by atoms with Gasteiger partial charge in [-0.3, -0.25) is 0 Å². The fourth-order valence-corrected chi connectivity index (χ4v) is 4.56. The molecule has 0 radical (unpaired) electrons. The highest BCUT2D eigenvalue weighted by Crippen LogP contribution is 2.42. The van der Waals surface area contributed by atoms with Crippen molar-refractivity contribution in [2.24, 2.45) is 5.92 Å². The van der Waals surface area contributed by atoms with E-state index in [4.69, 9.17) is 0 Å². The van der Waals surface area contributed by atoms with Crippen LogP contribution >= 0.6 is 0 Å². The predicted octanol–water partition coefficient (Wildman–Crippen LogP) is 6.23. The number of benzene rings is 2. The maximum Gasteiger partial charge on any atom is 0.0534 e. The lowest BCUT2D eigenvalue weighted by Crippen LogP contribution is -2.09. The summed E-state index contributed by atoms with van der Waals surface area (Å²) in [7, 11) is 0. The predicted molar refractivity (Wildman–Crippen MR) is 107 cm³/mol. The number of rotatable bonds is 1. The van der Waals surface area contributed by atoms with Crippen molar-refractivity contribution in [3.8, 4) is 11.1 Å². The third-order valence-electron chi connectivity index (χ3n) is 5.64. The molecule has 0 fully saturated rings. The summed E-state index contributed by atoms with van der Waals surface area (Å²) in [6.07, 6.45) is 11.6. The molecule has 1 heteroatoms. The summed E-state index contributed by atoms with van der Waals surface area (Å²) in [5.74, 6) is 0.505. The second-order valence-corrected chi connectivity index (χ2v) is 7.32. The van der Waals surface area contributed by atoms with Gasteiger partial charge >= 0.3 is 0 Å². The Balaban J connectivity index is 1.82. The number of fused-ring (bicyclic) bond motifs is 5. The maximum atomic E-state index is 2.57. The summed E-state index contributed by atoms with van der Waals surface area (Å²) >= 11 is 0. The molecular weight excluding hydrogens is 302 g/mol. The van der Waals surface area contributed by atoms with Crippen LogP contribution in [0.15, 0.2) is 66.8 Å². The summed E-state index contributed by atoms with van der Waals surface area (Å²) in [4.78, 5) is 0. The van der Waals surface area contributed by atoms with E-state index < -0.39 is 0 Å². The molecule has 0 saturated heterocycles. The fraction of sp³-hybridized carbons (Fsp3) is 0.250. The smallest absolute Gasteiger partial charge is 0.0534 e. The number of hydrogen-bond acceptors (Lipinski definition) is 0. The first-order valence-electron chi connectivity index (χ1n) is 9.41. The Bertz CT molecular complexity index is 1020. The van der Waals surface area contributed by atoms with Gasteiger partial charge in [0.2, 0.25) is 0 Å². The molecule has 2 aliphatic carbocycles. The average Bonchev–Trinajstić information content (AvgIpc) is 2.84. The number of aromatic nitrogens is 1. The monoisotopic (exact) mass is 325 g/mol. The highest BCUT2D eigenvalue weighted by atomic mass is 15.0. The van der Waals surface area contributed by atoms with Gasteiger partial charge in [0.15, 0.2) is 0 Å². The molecule has 5 rings (SSSR count). The van der Waals surface area contributed by atoms with Crippen LogP contribution in [0.2, 0.25) is 0 Å². The lowest BCUT2D eigenvalue weighted by Gasteiger charge is -2.21. The Hall–Kier alpha value is -2.54. The molecule has 0 N–H and O–H groups in total. The van der Waals surface area contributed by atoms with Crippen LogP contribution in [0, 0.1) is 5.92 Å². The zero-order valence-corrected chi connectivity index (χ0v) is 14.7.